The molecule has 0 heterocycles. The van der Waals surface area contributed by atoms with Gasteiger partial charge in [0.1, 0.15) is 23.0 Å². The van der Waals surface area contributed by atoms with Gasteiger partial charge >= 0.3 is 0 Å². The van der Waals surface area contributed by atoms with Crippen LogP contribution in [0.5, 0.6) is 23.0 Å². The average Bonchev–Trinajstić information content (AvgIpc) is 2.32. The second-order valence-corrected chi connectivity index (χ2v) is 4.40. The van der Waals surface area contributed by atoms with Crippen LogP contribution in [0, 0.1) is 20.8 Å². The molecule has 0 radical (unpaired) electrons. The smallest absolute Gasteiger partial charge is 0.121 e. The number of hydrogen-bond acceptors (Lipinski definition) is 4. The fourth-order valence-corrected chi connectivity index (χ4v) is 1.57. The molecule has 0 fully saturated rings. The zero-order valence-electron chi connectivity index (χ0n) is 11.2. The predicted molar refractivity (Wildman–Crippen MR) is 73.8 cm³/mol. The van der Waals surface area contributed by atoms with Gasteiger partial charge in [0.15, 0.2) is 0 Å². The van der Waals surface area contributed by atoms with Gasteiger partial charge in [-0.05, 0) is 67.8 Å². The van der Waals surface area contributed by atoms with Gasteiger partial charge in [0, 0.05) is 0 Å². The first-order valence-corrected chi connectivity index (χ1v) is 5.79. The highest BCUT2D eigenvalue weighted by molar-refractivity contribution is 5.44. The summed E-state index contributed by atoms with van der Waals surface area (Å²) in [6.07, 6.45) is 0. The van der Waals surface area contributed by atoms with E-state index in [1.54, 1.807) is 20.8 Å². The summed E-state index contributed by atoms with van der Waals surface area (Å²) in [5, 5.41) is 36.0. The molecule has 0 aliphatic heterocycles. The molecule has 0 spiro atoms. The number of aromatic hydroxyl groups is 4. The summed E-state index contributed by atoms with van der Waals surface area (Å²) in [7, 11) is 0. The molecule has 0 aliphatic carbocycles. The van der Waals surface area contributed by atoms with E-state index in [4.69, 9.17) is 15.3 Å². The van der Waals surface area contributed by atoms with Crippen LogP contribution in [0.4, 0.5) is 0 Å². The number of hydrogen-bond donors (Lipinski definition) is 4. The third-order valence-electron chi connectivity index (χ3n) is 2.66. The van der Waals surface area contributed by atoms with Gasteiger partial charge in [0.05, 0.1) is 0 Å². The fourth-order valence-electron chi connectivity index (χ4n) is 1.57. The average molecular weight is 262 g/mol. The quantitative estimate of drug-likeness (QED) is 0.550. The molecule has 0 atom stereocenters. The lowest BCUT2D eigenvalue weighted by Gasteiger charge is -2.02. The van der Waals surface area contributed by atoms with E-state index in [-0.39, 0.29) is 23.0 Å². The van der Waals surface area contributed by atoms with Gasteiger partial charge in [-0.3, -0.25) is 0 Å². The van der Waals surface area contributed by atoms with Gasteiger partial charge in [0.25, 0.3) is 0 Å². The summed E-state index contributed by atoms with van der Waals surface area (Å²) in [6.45, 7) is 5.24. The van der Waals surface area contributed by atoms with Crippen LogP contribution in [-0.2, 0) is 0 Å². The summed E-state index contributed by atoms with van der Waals surface area (Å²) in [5.41, 5.74) is 2.10. The molecule has 2 aromatic carbocycles. The van der Waals surface area contributed by atoms with Crippen LogP contribution in [0.2, 0.25) is 0 Å². The molecule has 19 heavy (non-hydrogen) atoms. The van der Waals surface area contributed by atoms with Crippen molar-refractivity contribution in [2.75, 3.05) is 0 Å². The van der Waals surface area contributed by atoms with E-state index >= 15 is 0 Å². The van der Waals surface area contributed by atoms with E-state index in [9.17, 15) is 5.11 Å². The Balaban J connectivity index is 0.000000191. The van der Waals surface area contributed by atoms with Crippen molar-refractivity contribution in [2.45, 2.75) is 20.8 Å². The van der Waals surface area contributed by atoms with Gasteiger partial charge in [-0.1, -0.05) is 0 Å². The molecule has 0 aliphatic rings. The topological polar surface area (TPSA) is 80.9 Å². The molecule has 0 amide bonds. The van der Waals surface area contributed by atoms with Crippen molar-refractivity contribution in [1.29, 1.82) is 0 Å². The zero-order chi connectivity index (χ0) is 14.6. The van der Waals surface area contributed by atoms with Crippen LogP contribution in [0.3, 0.4) is 0 Å². The fraction of sp³-hybridized carbons (Fsp3) is 0.200. The lowest BCUT2D eigenvalue weighted by molar-refractivity contribution is 0.453. The Kier molecular flexibility index (Phi) is 4.64. The Hall–Kier alpha value is -2.36. The van der Waals surface area contributed by atoms with Crippen LogP contribution in [-0.4, -0.2) is 20.4 Å². The Morgan fingerprint density at radius 3 is 1.53 bits per heavy atom. The molecule has 0 saturated carbocycles. The van der Waals surface area contributed by atoms with Crippen molar-refractivity contribution in [3.05, 3.63) is 47.0 Å². The minimum atomic E-state index is 0.185. The molecular formula is C15H18O4. The number of benzene rings is 2. The van der Waals surface area contributed by atoms with E-state index in [1.165, 1.54) is 30.3 Å². The molecule has 2 rings (SSSR count). The largest absolute Gasteiger partial charge is 0.508 e. The number of phenolic OH excluding ortho intramolecular Hbond substituents is 4. The van der Waals surface area contributed by atoms with Crippen molar-refractivity contribution in [3.63, 3.8) is 0 Å². The maximum Gasteiger partial charge on any atom is 0.121 e. The lowest BCUT2D eigenvalue weighted by atomic mass is 10.1. The number of phenols is 4. The third-order valence-corrected chi connectivity index (χ3v) is 2.66. The lowest BCUT2D eigenvalue weighted by Crippen LogP contribution is -1.78. The van der Waals surface area contributed by atoms with E-state index < -0.39 is 0 Å². The van der Waals surface area contributed by atoms with Crippen LogP contribution in [0.25, 0.3) is 0 Å². The summed E-state index contributed by atoms with van der Waals surface area (Å²) in [5.74, 6) is 0.865. The monoisotopic (exact) mass is 262 g/mol. The Morgan fingerprint density at radius 2 is 1.11 bits per heavy atom. The van der Waals surface area contributed by atoms with Gasteiger partial charge in [-0.25, -0.2) is 0 Å². The summed E-state index contributed by atoms with van der Waals surface area (Å²) in [4.78, 5) is 0. The Bertz CT molecular complexity index is 553. The van der Waals surface area contributed by atoms with E-state index in [0.29, 0.717) is 16.7 Å². The van der Waals surface area contributed by atoms with E-state index in [0.717, 1.165) is 0 Å². The molecule has 2 aromatic rings. The van der Waals surface area contributed by atoms with Crippen molar-refractivity contribution in [3.8, 4) is 23.0 Å². The van der Waals surface area contributed by atoms with Crippen LogP contribution in [0.1, 0.15) is 16.7 Å². The Labute approximate surface area is 112 Å². The first kappa shape index (κ1) is 14.7. The molecule has 0 saturated heterocycles. The highest BCUT2D eigenvalue weighted by atomic mass is 16.3. The first-order chi connectivity index (χ1) is 8.81. The standard InChI is InChI=1S/C8H10O2.C7H8O2/c1-5-3-7(9)4-6(2)8(5)10;1-5-4-6(8)2-3-7(5)9/h3-4,9-10H,1-2H3;2-4,8-9H,1H3. The molecule has 0 aromatic heterocycles. The minimum absolute atomic E-state index is 0.185. The summed E-state index contributed by atoms with van der Waals surface area (Å²) < 4.78 is 0. The molecule has 0 unspecified atom stereocenters. The SMILES string of the molecule is Cc1cc(O)cc(C)c1O.Cc1cc(O)ccc1O. The number of rotatable bonds is 0. The van der Waals surface area contributed by atoms with Crippen molar-refractivity contribution in [2.24, 2.45) is 0 Å². The minimum Gasteiger partial charge on any atom is -0.508 e. The molecular weight excluding hydrogens is 244 g/mol. The predicted octanol–water partition coefficient (Wildman–Crippen LogP) is 3.12. The summed E-state index contributed by atoms with van der Waals surface area (Å²) in [6, 6.07) is 7.48. The van der Waals surface area contributed by atoms with Crippen LogP contribution in [0.15, 0.2) is 30.3 Å². The normalized spacial score (nSPS) is 9.63. The van der Waals surface area contributed by atoms with Gasteiger partial charge in [-0.2, -0.15) is 0 Å². The van der Waals surface area contributed by atoms with Gasteiger partial charge in [0.2, 0.25) is 0 Å². The second kappa shape index (κ2) is 6.00. The van der Waals surface area contributed by atoms with Crippen molar-refractivity contribution >= 4 is 0 Å². The zero-order valence-corrected chi connectivity index (χ0v) is 11.2. The third kappa shape index (κ3) is 4.10. The van der Waals surface area contributed by atoms with Crippen LogP contribution >= 0.6 is 0 Å². The van der Waals surface area contributed by atoms with Crippen molar-refractivity contribution in [1.82, 2.24) is 0 Å². The highest BCUT2D eigenvalue weighted by Gasteiger charge is 2.00. The van der Waals surface area contributed by atoms with Gasteiger partial charge < -0.3 is 20.4 Å². The highest BCUT2D eigenvalue weighted by Crippen LogP contribution is 2.25. The first-order valence-electron chi connectivity index (χ1n) is 5.79. The molecule has 0 bridgehead atoms. The van der Waals surface area contributed by atoms with Crippen molar-refractivity contribution < 1.29 is 20.4 Å². The molecule has 4 heteroatoms. The number of aryl methyl sites for hydroxylation is 3. The van der Waals surface area contributed by atoms with E-state index in [1.807, 2.05) is 0 Å². The molecule has 4 nitrogen and oxygen atoms in total. The second-order valence-electron chi connectivity index (χ2n) is 4.40. The molecule has 4 N–H and O–H groups in total. The molecule has 102 valence electrons. The summed E-state index contributed by atoms with van der Waals surface area (Å²) >= 11 is 0. The van der Waals surface area contributed by atoms with Gasteiger partial charge in [-0.15, -0.1) is 0 Å². The van der Waals surface area contributed by atoms with Crippen LogP contribution < -0.4 is 0 Å². The maximum absolute atomic E-state index is 9.22. The van der Waals surface area contributed by atoms with E-state index in [2.05, 4.69) is 0 Å². The Morgan fingerprint density at radius 1 is 0.632 bits per heavy atom. The maximum atomic E-state index is 9.22.